The molecule has 7 nitrogen and oxygen atoms in total. The van der Waals surface area contributed by atoms with Crippen molar-refractivity contribution in [2.45, 2.75) is 31.8 Å². The van der Waals surface area contributed by atoms with Gasteiger partial charge in [-0.2, -0.15) is 5.10 Å². The average molecular weight is 355 g/mol. The van der Waals surface area contributed by atoms with E-state index in [9.17, 15) is 9.59 Å². The lowest BCUT2D eigenvalue weighted by Gasteiger charge is -2.26. The van der Waals surface area contributed by atoms with Crippen LogP contribution >= 0.6 is 0 Å². The van der Waals surface area contributed by atoms with Crippen molar-refractivity contribution in [2.24, 2.45) is 7.05 Å². The second kappa shape index (κ2) is 8.14. The van der Waals surface area contributed by atoms with Crippen molar-refractivity contribution < 1.29 is 9.59 Å². The Morgan fingerprint density at radius 2 is 2.04 bits per heavy atom. The van der Waals surface area contributed by atoms with E-state index in [1.54, 1.807) is 17.9 Å². The van der Waals surface area contributed by atoms with E-state index < -0.39 is 6.04 Å². The molecule has 1 unspecified atom stereocenters. The molecule has 2 aromatic rings. The van der Waals surface area contributed by atoms with Crippen molar-refractivity contribution in [2.75, 3.05) is 18.5 Å². The highest BCUT2D eigenvalue weighted by Gasteiger charge is 2.21. The number of amides is 2. The summed E-state index contributed by atoms with van der Waals surface area (Å²) in [6.07, 6.45) is 6.15. The van der Waals surface area contributed by atoms with Crippen LogP contribution in [0.2, 0.25) is 0 Å². The van der Waals surface area contributed by atoms with Crippen molar-refractivity contribution >= 4 is 17.5 Å². The predicted octanol–water partition coefficient (Wildman–Crippen LogP) is 1.51. The first-order chi connectivity index (χ1) is 12.6. The van der Waals surface area contributed by atoms with E-state index >= 15 is 0 Å². The molecule has 0 radical (unpaired) electrons. The third-order valence-electron chi connectivity index (χ3n) is 4.65. The number of carbonyl (C=O) groups excluding carboxylic acids is 2. The molecule has 0 aliphatic carbocycles. The van der Waals surface area contributed by atoms with Gasteiger partial charge in [0.15, 0.2) is 0 Å². The standard InChI is InChI=1S/C19H25N5O2/c1-20-18(15-12-22-23(2)13-15)19(26)21-11-14-6-8-16(9-7-14)24-10-4-3-5-17(24)25/h6-9,12-13,18,20H,3-5,10-11H2,1-2H3,(H,21,26). The molecule has 2 N–H and O–H groups in total. The quantitative estimate of drug-likeness (QED) is 0.823. The van der Waals surface area contributed by atoms with E-state index in [4.69, 9.17) is 0 Å². The molecule has 1 fully saturated rings. The number of hydrogen-bond donors (Lipinski definition) is 2. The zero-order valence-electron chi connectivity index (χ0n) is 15.2. The normalized spacial score (nSPS) is 15.8. The molecule has 1 saturated heterocycles. The fourth-order valence-corrected chi connectivity index (χ4v) is 3.20. The largest absolute Gasteiger partial charge is 0.350 e. The van der Waals surface area contributed by atoms with Gasteiger partial charge in [0, 0.05) is 44.0 Å². The van der Waals surface area contributed by atoms with Crippen LogP contribution < -0.4 is 15.5 Å². The summed E-state index contributed by atoms with van der Waals surface area (Å²) in [5, 5.41) is 10.1. The Labute approximate surface area is 153 Å². The van der Waals surface area contributed by atoms with Crippen LogP contribution in [0.4, 0.5) is 5.69 Å². The molecule has 1 aromatic heterocycles. The first-order valence-corrected chi connectivity index (χ1v) is 8.91. The Bertz CT molecular complexity index is 768. The van der Waals surface area contributed by atoms with E-state index in [1.807, 2.05) is 42.4 Å². The summed E-state index contributed by atoms with van der Waals surface area (Å²) in [7, 11) is 3.57. The molecule has 0 spiro atoms. The predicted molar refractivity (Wildman–Crippen MR) is 99.5 cm³/mol. The molecule has 7 heteroatoms. The Hall–Kier alpha value is -2.67. The van der Waals surface area contributed by atoms with E-state index in [2.05, 4.69) is 15.7 Å². The van der Waals surface area contributed by atoms with Crippen molar-refractivity contribution in [1.29, 1.82) is 0 Å². The fourth-order valence-electron chi connectivity index (χ4n) is 3.20. The second-order valence-electron chi connectivity index (χ2n) is 6.56. The van der Waals surface area contributed by atoms with Crippen molar-refractivity contribution in [3.05, 3.63) is 47.8 Å². The number of piperidine rings is 1. The molecule has 1 aliphatic rings. The lowest BCUT2D eigenvalue weighted by atomic mass is 10.1. The van der Waals surface area contributed by atoms with Gasteiger partial charge >= 0.3 is 0 Å². The molecule has 0 bridgehead atoms. The van der Waals surface area contributed by atoms with Crippen LogP contribution in [0.5, 0.6) is 0 Å². The van der Waals surface area contributed by atoms with Gasteiger partial charge < -0.3 is 15.5 Å². The van der Waals surface area contributed by atoms with Gasteiger partial charge in [-0.15, -0.1) is 0 Å². The van der Waals surface area contributed by atoms with Gasteiger partial charge in [-0.25, -0.2) is 0 Å². The minimum atomic E-state index is -0.436. The summed E-state index contributed by atoms with van der Waals surface area (Å²) in [5.41, 5.74) is 2.74. The number of rotatable bonds is 6. The number of anilines is 1. The van der Waals surface area contributed by atoms with E-state index in [1.165, 1.54) is 0 Å². The second-order valence-corrected chi connectivity index (χ2v) is 6.56. The minimum Gasteiger partial charge on any atom is -0.350 e. The molecule has 1 aliphatic heterocycles. The Morgan fingerprint density at radius 1 is 1.27 bits per heavy atom. The van der Waals surface area contributed by atoms with Crippen LogP contribution in [-0.4, -0.2) is 35.2 Å². The maximum atomic E-state index is 12.5. The number of nitrogens with zero attached hydrogens (tertiary/aromatic N) is 3. The smallest absolute Gasteiger partial charge is 0.242 e. The highest BCUT2D eigenvalue weighted by Crippen LogP contribution is 2.21. The Morgan fingerprint density at radius 3 is 2.65 bits per heavy atom. The molecule has 3 rings (SSSR count). The van der Waals surface area contributed by atoms with Gasteiger partial charge in [0.25, 0.3) is 0 Å². The number of benzene rings is 1. The number of hydrogen-bond acceptors (Lipinski definition) is 4. The molecule has 1 aromatic carbocycles. The van der Waals surface area contributed by atoms with Gasteiger partial charge in [-0.3, -0.25) is 14.3 Å². The van der Waals surface area contributed by atoms with Crippen LogP contribution in [0, 0.1) is 0 Å². The summed E-state index contributed by atoms with van der Waals surface area (Å²) >= 11 is 0. The van der Waals surface area contributed by atoms with Gasteiger partial charge in [0.05, 0.1) is 6.20 Å². The lowest BCUT2D eigenvalue weighted by Crippen LogP contribution is -2.36. The first-order valence-electron chi connectivity index (χ1n) is 8.91. The topological polar surface area (TPSA) is 79.3 Å². The van der Waals surface area contributed by atoms with Crippen molar-refractivity contribution in [3.63, 3.8) is 0 Å². The highest BCUT2D eigenvalue weighted by molar-refractivity contribution is 5.94. The summed E-state index contributed by atoms with van der Waals surface area (Å²) in [6.45, 7) is 1.22. The maximum absolute atomic E-state index is 12.5. The van der Waals surface area contributed by atoms with Gasteiger partial charge in [0.1, 0.15) is 6.04 Å². The van der Waals surface area contributed by atoms with E-state index in [0.717, 1.165) is 36.2 Å². The monoisotopic (exact) mass is 355 g/mol. The van der Waals surface area contributed by atoms with Crippen LogP contribution in [-0.2, 0) is 23.2 Å². The molecule has 26 heavy (non-hydrogen) atoms. The first kappa shape index (κ1) is 18.1. The number of nitrogens with one attached hydrogen (secondary N) is 2. The summed E-state index contributed by atoms with van der Waals surface area (Å²) in [4.78, 5) is 26.3. The third kappa shape index (κ3) is 4.11. The summed E-state index contributed by atoms with van der Waals surface area (Å²) < 4.78 is 1.67. The number of aromatic nitrogens is 2. The molecule has 2 amide bonds. The van der Waals surface area contributed by atoms with Crippen molar-refractivity contribution in [3.8, 4) is 0 Å². The Balaban J connectivity index is 1.59. The molecular weight excluding hydrogens is 330 g/mol. The number of likely N-dealkylation sites (N-methyl/N-ethyl adjacent to an activating group) is 1. The maximum Gasteiger partial charge on any atom is 0.242 e. The Kier molecular flexibility index (Phi) is 5.68. The SMILES string of the molecule is CNC(C(=O)NCc1ccc(N2CCCCC2=O)cc1)c1cnn(C)c1. The fraction of sp³-hybridized carbons (Fsp3) is 0.421. The number of carbonyl (C=O) groups is 2. The summed E-state index contributed by atoms with van der Waals surface area (Å²) in [6, 6.07) is 7.36. The zero-order chi connectivity index (χ0) is 18.5. The van der Waals surface area contributed by atoms with Gasteiger partial charge in [0.2, 0.25) is 11.8 Å². The van der Waals surface area contributed by atoms with E-state index in [-0.39, 0.29) is 11.8 Å². The van der Waals surface area contributed by atoms with Crippen LogP contribution in [0.15, 0.2) is 36.7 Å². The molecular formula is C19H25N5O2. The average Bonchev–Trinajstić information content (AvgIpc) is 3.07. The van der Waals surface area contributed by atoms with Gasteiger partial charge in [-0.05, 0) is 37.6 Å². The molecule has 138 valence electrons. The zero-order valence-corrected chi connectivity index (χ0v) is 15.2. The van der Waals surface area contributed by atoms with Crippen LogP contribution in [0.1, 0.15) is 36.4 Å². The number of aryl methyl sites for hydroxylation is 1. The lowest BCUT2D eigenvalue weighted by molar-refractivity contribution is -0.123. The van der Waals surface area contributed by atoms with E-state index in [0.29, 0.717) is 13.0 Å². The highest BCUT2D eigenvalue weighted by atomic mass is 16.2. The molecule has 2 heterocycles. The third-order valence-corrected chi connectivity index (χ3v) is 4.65. The summed E-state index contributed by atoms with van der Waals surface area (Å²) in [5.74, 6) is 0.0846. The molecule has 0 saturated carbocycles. The van der Waals surface area contributed by atoms with Gasteiger partial charge in [-0.1, -0.05) is 12.1 Å². The van der Waals surface area contributed by atoms with Crippen LogP contribution in [0.25, 0.3) is 0 Å². The van der Waals surface area contributed by atoms with Crippen LogP contribution in [0.3, 0.4) is 0 Å². The van der Waals surface area contributed by atoms with Crippen molar-refractivity contribution in [1.82, 2.24) is 20.4 Å². The minimum absolute atomic E-state index is 0.101. The molecule has 1 atom stereocenters.